The molecule has 0 spiro atoms. The molecule has 6 heteroatoms. The van der Waals surface area contributed by atoms with Crippen molar-refractivity contribution in [2.45, 2.75) is 46.1 Å². The first-order chi connectivity index (χ1) is 10.9. The molecule has 1 amide bonds. The number of rotatable bonds is 4. The molecule has 1 aromatic heterocycles. The van der Waals surface area contributed by atoms with Gasteiger partial charge in [0.25, 0.3) is 5.91 Å². The van der Waals surface area contributed by atoms with Gasteiger partial charge in [0.1, 0.15) is 0 Å². The fourth-order valence-corrected chi connectivity index (χ4v) is 2.92. The number of aromatic nitrogens is 2. The number of carbonyl (C=O) groups is 2. The van der Waals surface area contributed by atoms with Gasteiger partial charge in [-0.05, 0) is 46.1 Å². The van der Waals surface area contributed by atoms with Crippen LogP contribution in [0.5, 0.6) is 0 Å². The van der Waals surface area contributed by atoms with Crippen LogP contribution < -0.4 is 0 Å². The van der Waals surface area contributed by atoms with Crippen molar-refractivity contribution in [3.63, 3.8) is 0 Å². The summed E-state index contributed by atoms with van der Waals surface area (Å²) >= 11 is 0. The maximum Gasteiger partial charge on any atom is 0.331 e. The first-order valence-electron chi connectivity index (χ1n) is 8.04. The number of piperidine rings is 1. The quantitative estimate of drug-likeness (QED) is 0.629. The molecule has 23 heavy (non-hydrogen) atoms. The Morgan fingerprint density at radius 1 is 1.35 bits per heavy atom. The molecule has 1 saturated heterocycles. The van der Waals surface area contributed by atoms with Crippen LogP contribution in [0.15, 0.2) is 6.08 Å². The van der Waals surface area contributed by atoms with Crippen LogP contribution >= 0.6 is 0 Å². The van der Waals surface area contributed by atoms with Crippen LogP contribution in [0.3, 0.4) is 0 Å². The van der Waals surface area contributed by atoms with Gasteiger partial charge >= 0.3 is 5.97 Å². The molecule has 2 rings (SSSR count). The van der Waals surface area contributed by atoms with Gasteiger partial charge in [0.2, 0.25) is 0 Å². The lowest BCUT2D eigenvalue weighted by Gasteiger charge is -2.33. The van der Waals surface area contributed by atoms with Crippen LogP contribution in [0, 0.1) is 13.8 Å². The van der Waals surface area contributed by atoms with Crippen molar-refractivity contribution in [1.82, 2.24) is 14.7 Å². The summed E-state index contributed by atoms with van der Waals surface area (Å²) in [6, 6.07) is 0.228. The van der Waals surface area contributed by atoms with E-state index in [0.29, 0.717) is 0 Å². The van der Waals surface area contributed by atoms with Gasteiger partial charge in [0, 0.05) is 37.0 Å². The minimum atomic E-state index is -0.509. The van der Waals surface area contributed by atoms with Crippen molar-refractivity contribution in [2.75, 3.05) is 13.2 Å². The number of ether oxygens (including phenoxy) is 1. The highest BCUT2D eigenvalue weighted by Crippen LogP contribution is 2.16. The second-order valence-corrected chi connectivity index (χ2v) is 6.08. The minimum Gasteiger partial charge on any atom is -0.452 e. The van der Waals surface area contributed by atoms with Gasteiger partial charge in [0.05, 0.1) is 5.69 Å². The smallest absolute Gasteiger partial charge is 0.331 e. The van der Waals surface area contributed by atoms with E-state index in [1.165, 1.54) is 6.08 Å². The van der Waals surface area contributed by atoms with Gasteiger partial charge in [-0.25, -0.2) is 4.79 Å². The minimum absolute atomic E-state index is 0.118. The van der Waals surface area contributed by atoms with Crippen LogP contribution in [-0.2, 0) is 21.4 Å². The molecule has 1 aliphatic heterocycles. The van der Waals surface area contributed by atoms with Crippen LogP contribution in [0.25, 0.3) is 6.08 Å². The van der Waals surface area contributed by atoms with E-state index in [1.807, 2.05) is 27.8 Å². The molecule has 6 nitrogen and oxygen atoms in total. The van der Waals surface area contributed by atoms with E-state index in [4.69, 9.17) is 4.74 Å². The van der Waals surface area contributed by atoms with E-state index in [9.17, 15) is 9.59 Å². The highest BCUT2D eigenvalue weighted by Gasteiger charge is 2.23. The number of amides is 1. The average molecular weight is 319 g/mol. The molecule has 0 saturated carbocycles. The van der Waals surface area contributed by atoms with Gasteiger partial charge in [-0.3, -0.25) is 9.48 Å². The molecule has 0 aromatic carbocycles. The van der Waals surface area contributed by atoms with Gasteiger partial charge < -0.3 is 9.64 Å². The zero-order valence-electron chi connectivity index (χ0n) is 14.3. The monoisotopic (exact) mass is 319 g/mol. The maximum atomic E-state index is 12.1. The Morgan fingerprint density at radius 2 is 2.09 bits per heavy atom. The van der Waals surface area contributed by atoms with E-state index in [0.717, 1.165) is 42.8 Å². The summed E-state index contributed by atoms with van der Waals surface area (Å²) in [5.41, 5.74) is 2.73. The number of hydrogen-bond donors (Lipinski definition) is 0. The molecule has 0 N–H and O–H groups in total. The molecule has 1 atom stereocenters. The predicted octanol–water partition coefficient (Wildman–Crippen LogP) is 1.99. The molecule has 1 fully saturated rings. The third-order valence-corrected chi connectivity index (χ3v) is 4.41. The Morgan fingerprint density at radius 3 is 2.70 bits per heavy atom. The van der Waals surface area contributed by atoms with Crippen LogP contribution in [-0.4, -0.2) is 45.8 Å². The molecular weight excluding hydrogens is 294 g/mol. The second kappa shape index (κ2) is 7.44. The number of aryl methyl sites for hydroxylation is 2. The van der Waals surface area contributed by atoms with Crippen LogP contribution in [0.1, 0.15) is 43.1 Å². The van der Waals surface area contributed by atoms with Gasteiger partial charge in [0.15, 0.2) is 6.61 Å². The van der Waals surface area contributed by atoms with Crippen molar-refractivity contribution in [3.8, 4) is 0 Å². The largest absolute Gasteiger partial charge is 0.452 e. The molecule has 1 aliphatic rings. The Bertz CT molecular complexity index is 619. The zero-order valence-corrected chi connectivity index (χ0v) is 14.3. The maximum absolute atomic E-state index is 12.1. The Balaban J connectivity index is 1.87. The Kier molecular flexibility index (Phi) is 5.58. The third-order valence-electron chi connectivity index (χ3n) is 4.41. The fraction of sp³-hybridized carbons (Fsp3) is 0.588. The Labute approximate surface area is 137 Å². The van der Waals surface area contributed by atoms with Crippen molar-refractivity contribution in [2.24, 2.45) is 7.05 Å². The van der Waals surface area contributed by atoms with E-state index < -0.39 is 5.97 Å². The first-order valence-corrected chi connectivity index (χ1v) is 8.04. The highest BCUT2D eigenvalue weighted by atomic mass is 16.5. The van der Waals surface area contributed by atoms with E-state index in [-0.39, 0.29) is 18.6 Å². The summed E-state index contributed by atoms with van der Waals surface area (Å²) in [5.74, 6) is -0.627. The second-order valence-electron chi connectivity index (χ2n) is 6.08. The molecule has 2 heterocycles. The molecule has 0 unspecified atom stereocenters. The summed E-state index contributed by atoms with van der Waals surface area (Å²) in [5, 5.41) is 4.28. The number of esters is 1. The molecule has 1 aromatic rings. The van der Waals surface area contributed by atoms with E-state index >= 15 is 0 Å². The molecule has 0 bridgehead atoms. The van der Waals surface area contributed by atoms with Crippen molar-refractivity contribution < 1.29 is 14.3 Å². The van der Waals surface area contributed by atoms with E-state index in [1.54, 1.807) is 15.7 Å². The molecule has 126 valence electrons. The molecular formula is C17H25N3O3. The van der Waals surface area contributed by atoms with Gasteiger partial charge in [-0.1, -0.05) is 0 Å². The summed E-state index contributed by atoms with van der Waals surface area (Å²) in [6.45, 7) is 6.41. The Hall–Kier alpha value is -2.11. The number of hydrogen-bond acceptors (Lipinski definition) is 4. The lowest BCUT2D eigenvalue weighted by atomic mass is 10.0. The predicted molar refractivity (Wildman–Crippen MR) is 87.7 cm³/mol. The molecule has 0 aliphatic carbocycles. The van der Waals surface area contributed by atoms with Crippen LogP contribution in [0.2, 0.25) is 0 Å². The zero-order chi connectivity index (χ0) is 17.0. The number of likely N-dealkylation sites (tertiary alicyclic amines) is 1. The third kappa shape index (κ3) is 4.21. The molecule has 0 radical (unpaired) electrons. The lowest BCUT2D eigenvalue weighted by molar-refractivity contribution is -0.149. The summed E-state index contributed by atoms with van der Waals surface area (Å²) < 4.78 is 6.83. The lowest BCUT2D eigenvalue weighted by Crippen LogP contribution is -2.44. The van der Waals surface area contributed by atoms with Crippen molar-refractivity contribution in [1.29, 1.82) is 0 Å². The number of nitrogens with zero attached hydrogens (tertiary/aromatic N) is 3. The topological polar surface area (TPSA) is 64.4 Å². The van der Waals surface area contributed by atoms with Gasteiger partial charge in [-0.15, -0.1) is 0 Å². The van der Waals surface area contributed by atoms with Crippen molar-refractivity contribution in [3.05, 3.63) is 23.0 Å². The van der Waals surface area contributed by atoms with Gasteiger partial charge in [-0.2, -0.15) is 5.10 Å². The standard InChI is InChI=1S/C17H25N3O3/c1-12-7-5-6-10-20(12)16(21)11-23-17(22)9-8-15-13(2)18-19(4)14(15)3/h8-9,12H,5-7,10-11H2,1-4H3/b9-8+/t12-/m1/s1. The normalized spacial score (nSPS) is 18.4. The fourth-order valence-electron chi connectivity index (χ4n) is 2.92. The first kappa shape index (κ1) is 17.2. The SMILES string of the molecule is Cc1nn(C)c(C)c1/C=C/C(=O)OCC(=O)N1CCCC[C@H]1C. The summed E-state index contributed by atoms with van der Waals surface area (Å²) in [4.78, 5) is 25.7. The highest BCUT2D eigenvalue weighted by molar-refractivity contribution is 5.89. The van der Waals surface area contributed by atoms with E-state index in [2.05, 4.69) is 5.10 Å². The summed E-state index contributed by atoms with van der Waals surface area (Å²) in [6.07, 6.45) is 6.22. The van der Waals surface area contributed by atoms with Crippen LogP contribution in [0.4, 0.5) is 0 Å². The number of carbonyl (C=O) groups excluding carboxylic acids is 2. The summed E-state index contributed by atoms with van der Waals surface area (Å²) in [7, 11) is 1.86. The average Bonchev–Trinajstić information content (AvgIpc) is 2.76. The van der Waals surface area contributed by atoms with Crippen molar-refractivity contribution >= 4 is 18.0 Å².